The van der Waals surface area contributed by atoms with E-state index < -0.39 is 10.0 Å². The molecule has 0 aromatic heterocycles. The summed E-state index contributed by atoms with van der Waals surface area (Å²) in [4.78, 5) is 0.188. The van der Waals surface area contributed by atoms with E-state index in [9.17, 15) is 8.42 Å². The number of nitrogens with one attached hydrogen (secondary N) is 1. The largest absolute Gasteiger partial charge is 0.398 e. The topological polar surface area (TPSA) is 81.4 Å². The van der Waals surface area contributed by atoms with Gasteiger partial charge in [0.25, 0.3) is 0 Å². The first-order valence-electron chi connectivity index (χ1n) is 6.28. The molecule has 0 amide bonds. The Labute approximate surface area is 115 Å². The van der Waals surface area contributed by atoms with Crippen LogP contribution in [0.5, 0.6) is 0 Å². The van der Waals surface area contributed by atoms with Crippen LogP contribution in [0.1, 0.15) is 25.3 Å². The van der Waals surface area contributed by atoms with Crippen LogP contribution in [0.4, 0.5) is 5.69 Å². The van der Waals surface area contributed by atoms with Crippen molar-refractivity contribution in [2.24, 2.45) is 0 Å². The quantitative estimate of drug-likeness (QED) is 0.747. The molecule has 0 spiro atoms. The van der Waals surface area contributed by atoms with Gasteiger partial charge in [-0.1, -0.05) is 19.4 Å². The Kier molecular flexibility index (Phi) is 5.78. The lowest BCUT2D eigenvalue weighted by molar-refractivity contribution is 0.171. The molecule has 0 saturated carbocycles. The van der Waals surface area contributed by atoms with Gasteiger partial charge in [-0.15, -0.1) is 0 Å². The van der Waals surface area contributed by atoms with E-state index in [1.54, 1.807) is 19.2 Å². The monoisotopic (exact) mass is 286 g/mol. The third kappa shape index (κ3) is 4.49. The molecule has 0 fully saturated rings. The van der Waals surface area contributed by atoms with E-state index in [0.29, 0.717) is 12.3 Å². The Morgan fingerprint density at radius 1 is 1.42 bits per heavy atom. The number of aryl methyl sites for hydroxylation is 1. The van der Waals surface area contributed by atoms with Gasteiger partial charge in [-0.3, -0.25) is 0 Å². The molecule has 1 unspecified atom stereocenters. The third-order valence-electron chi connectivity index (χ3n) is 2.89. The first-order chi connectivity index (χ1) is 8.90. The van der Waals surface area contributed by atoms with Gasteiger partial charge >= 0.3 is 0 Å². The zero-order valence-corrected chi connectivity index (χ0v) is 12.5. The fourth-order valence-electron chi connectivity index (χ4n) is 1.80. The molecule has 6 heteroatoms. The number of methoxy groups -OCH3 is 1. The molecule has 19 heavy (non-hydrogen) atoms. The minimum atomic E-state index is -3.55. The lowest BCUT2D eigenvalue weighted by atomic mass is 10.2. The van der Waals surface area contributed by atoms with Crippen molar-refractivity contribution in [1.29, 1.82) is 0 Å². The summed E-state index contributed by atoms with van der Waals surface area (Å²) < 4.78 is 32.1. The van der Waals surface area contributed by atoms with E-state index in [-0.39, 0.29) is 10.9 Å². The number of hydrogen-bond acceptors (Lipinski definition) is 4. The predicted octanol–water partition coefficient (Wildman–Crippen LogP) is 1.67. The highest BCUT2D eigenvalue weighted by Gasteiger charge is 2.20. The molecule has 0 bridgehead atoms. The first kappa shape index (κ1) is 15.9. The maximum atomic E-state index is 12.2. The molecule has 1 aromatic carbocycles. The second-order valence-electron chi connectivity index (χ2n) is 4.58. The van der Waals surface area contributed by atoms with Crippen LogP contribution in [0, 0.1) is 6.92 Å². The minimum absolute atomic E-state index is 0.188. The summed E-state index contributed by atoms with van der Waals surface area (Å²) in [7, 11) is -2.00. The van der Waals surface area contributed by atoms with Crippen molar-refractivity contribution in [3.8, 4) is 0 Å². The molecule has 5 nitrogen and oxygen atoms in total. The SMILES string of the molecule is CCCC(COC)NS(=O)(=O)c1ccc(C)c(N)c1. The summed E-state index contributed by atoms with van der Waals surface area (Å²) in [6.07, 6.45) is 1.61. The molecule has 0 radical (unpaired) electrons. The molecule has 0 heterocycles. The second-order valence-corrected chi connectivity index (χ2v) is 6.29. The lowest BCUT2D eigenvalue weighted by Gasteiger charge is -2.17. The number of ether oxygens (including phenoxy) is 1. The highest BCUT2D eigenvalue weighted by Crippen LogP contribution is 2.17. The average Bonchev–Trinajstić information content (AvgIpc) is 2.32. The van der Waals surface area contributed by atoms with Crippen molar-refractivity contribution in [2.45, 2.75) is 37.6 Å². The van der Waals surface area contributed by atoms with Gasteiger partial charge in [-0.05, 0) is 31.0 Å². The Hall–Kier alpha value is -1.11. The van der Waals surface area contributed by atoms with Gasteiger partial charge in [0.1, 0.15) is 0 Å². The highest BCUT2D eigenvalue weighted by molar-refractivity contribution is 7.89. The van der Waals surface area contributed by atoms with Crippen LogP contribution in [0.2, 0.25) is 0 Å². The first-order valence-corrected chi connectivity index (χ1v) is 7.76. The summed E-state index contributed by atoms with van der Waals surface area (Å²) in [5, 5.41) is 0. The van der Waals surface area contributed by atoms with E-state index in [2.05, 4.69) is 4.72 Å². The maximum Gasteiger partial charge on any atom is 0.240 e. The smallest absolute Gasteiger partial charge is 0.240 e. The Balaban J connectivity index is 2.92. The fraction of sp³-hybridized carbons (Fsp3) is 0.538. The van der Waals surface area contributed by atoms with Gasteiger partial charge < -0.3 is 10.5 Å². The molecular formula is C13H22N2O3S. The van der Waals surface area contributed by atoms with Gasteiger partial charge in [-0.25, -0.2) is 13.1 Å². The van der Waals surface area contributed by atoms with Gasteiger partial charge in [-0.2, -0.15) is 0 Å². The van der Waals surface area contributed by atoms with Crippen molar-refractivity contribution in [3.63, 3.8) is 0 Å². The molecular weight excluding hydrogens is 264 g/mol. The van der Waals surface area contributed by atoms with E-state index in [1.807, 2.05) is 13.8 Å². The van der Waals surface area contributed by atoms with Gasteiger partial charge in [0, 0.05) is 18.8 Å². The number of anilines is 1. The second kappa shape index (κ2) is 6.88. The molecule has 0 aliphatic carbocycles. The van der Waals surface area contributed by atoms with Crippen LogP contribution in [-0.4, -0.2) is 28.2 Å². The zero-order chi connectivity index (χ0) is 14.5. The van der Waals surface area contributed by atoms with Crippen LogP contribution in [0.15, 0.2) is 23.1 Å². The maximum absolute atomic E-state index is 12.2. The lowest BCUT2D eigenvalue weighted by Crippen LogP contribution is -2.37. The number of nitrogen functional groups attached to an aromatic ring is 1. The highest BCUT2D eigenvalue weighted by atomic mass is 32.2. The number of rotatable bonds is 7. The third-order valence-corrected chi connectivity index (χ3v) is 4.41. The number of nitrogens with two attached hydrogens (primary N) is 1. The number of benzene rings is 1. The van der Waals surface area contributed by atoms with Crippen LogP contribution in [0.25, 0.3) is 0 Å². The van der Waals surface area contributed by atoms with Crippen molar-refractivity contribution < 1.29 is 13.2 Å². The zero-order valence-electron chi connectivity index (χ0n) is 11.6. The predicted molar refractivity (Wildman–Crippen MR) is 76.5 cm³/mol. The molecule has 0 saturated heterocycles. The van der Waals surface area contributed by atoms with Gasteiger partial charge in [0.15, 0.2) is 0 Å². The normalized spacial score (nSPS) is 13.4. The standard InChI is InChI=1S/C13H22N2O3S/c1-4-5-11(9-18-3)15-19(16,17)12-7-6-10(2)13(14)8-12/h6-8,11,15H,4-5,9,14H2,1-3H3. The minimum Gasteiger partial charge on any atom is -0.398 e. The van der Waals surface area contributed by atoms with Crippen LogP contribution in [0.3, 0.4) is 0 Å². The molecule has 1 rings (SSSR count). The fourth-order valence-corrected chi connectivity index (χ4v) is 3.09. The molecule has 0 aliphatic rings. The average molecular weight is 286 g/mol. The van der Waals surface area contributed by atoms with Gasteiger partial charge in [0.2, 0.25) is 10.0 Å². The molecule has 3 N–H and O–H groups in total. The van der Waals surface area contributed by atoms with E-state index in [4.69, 9.17) is 10.5 Å². The van der Waals surface area contributed by atoms with Crippen molar-refractivity contribution >= 4 is 15.7 Å². The summed E-state index contributed by atoms with van der Waals surface area (Å²) >= 11 is 0. The van der Waals surface area contributed by atoms with Crippen LogP contribution >= 0.6 is 0 Å². The Morgan fingerprint density at radius 2 is 2.11 bits per heavy atom. The Bertz CT molecular complexity index is 509. The van der Waals surface area contributed by atoms with E-state index in [0.717, 1.165) is 18.4 Å². The van der Waals surface area contributed by atoms with Crippen LogP contribution in [-0.2, 0) is 14.8 Å². The van der Waals surface area contributed by atoms with Crippen molar-refractivity contribution in [2.75, 3.05) is 19.5 Å². The summed E-state index contributed by atoms with van der Waals surface area (Å²) in [6.45, 7) is 4.19. The van der Waals surface area contributed by atoms with Gasteiger partial charge in [0.05, 0.1) is 11.5 Å². The summed E-state index contributed by atoms with van der Waals surface area (Å²) in [5.41, 5.74) is 7.08. The summed E-state index contributed by atoms with van der Waals surface area (Å²) in [6, 6.07) is 4.52. The number of hydrogen-bond donors (Lipinski definition) is 2. The van der Waals surface area contributed by atoms with Crippen molar-refractivity contribution in [3.05, 3.63) is 23.8 Å². The molecule has 108 valence electrons. The van der Waals surface area contributed by atoms with E-state index >= 15 is 0 Å². The molecule has 0 aliphatic heterocycles. The van der Waals surface area contributed by atoms with Crippen molar-refractivity contribution in [1.82, 2.24) is 4.72 Å². The molecule has 1 atom stereocenters. The summed E-state index contributed by atoms with van der Waals surface area (Å²) in [5.74, 6) is 0. The number of sulfonamides is 1. The molecule has 1 aromatic rings. The van der Waals surface area contributed by atoms with Crippen LogP contribution < -0.4 is 10.5 Å². The van der Waals surface area contributed by atoms with E-state index in [1.165, 1.54) is 6.07 Å². The Morgan fingerprint density at radius 3 is 2.63 bits per heavy atom.